The predicted octanol–water partition coefficient (Wildman–Crippen LogP) is 1.60. The lowest BCUT2D eigenvalue weighted by Crippen LogP contribution is -2.35. The maximum Gasteiger partial charge on any atom is 0.276 e. The van der Waals surface area contributed by atoms with E-state index in [4.69, 9.17) is 4.74 Å². The highest BCUT2D eigenvalue weighted by atomic mass is 32.2. The minimum atomic E-state index is -3.34. The lowest BCUT2D eigenvalue weighted by Gasteiger charge is -2.13. The Morgan fingerprint density at radius 2 is 1.85 bits per heavy atom. The Bertz CT molecular complexity index is 508. The van der Waals surface area contributed by atoms with Gasteiger partial charge >= 0.3 is 0 Å². The number of nitrogens with one attached hydrogen (secondary N) is 2. The van der Waals surface area contributed by atoms with E-state index in [0.29, 0.717) is 19.1 Å². The molecule has 0 bridgehead atoms. The molecular weight excluding hydrogens is 276 g/mol. The van der Waals surface area contributed by atoms with Crippen molar-refractivity contribution >= 4 is 10.2 Å². The Balaban J connectivity index is 1.79. The normalized spacial score (nSPS) is 16.4. The third-order valence-corrected chi connectivity index (χ3v) is 4.62. The van der Waals surface area contributed by atoms with Crippen molar-refractivity contribution in [3.63, 3.8) is 0 Å². The molecule has 2 rings (SSSR count). The monoisotopic (exact) mass is 298 g/mol. The molecule has 1 fully saturated rings. The van der Waals surface area contributed by atoms with Crippen LogP contribution in [0.1, 0.15) is 31.2 Å². The SMILES string of the molecule is CNS(=O)(=O)NCCc1ccc(OC2CCCC2)cc1. The molecule has 6 heteroatoms. The van der Waals surface area contributed by atoms with Crippen LogP contribution < -0.4 is 14.2 Å². The van der Waals surface area contributed by atoms with Crippen LogP contribution in [-0.2, 0) is 16.6 Å². The van der Waals surface area contributed by atoms with Crippen molar-refractivity contribution in [3.05, 3.63) is 29.8 Å². The van der Waals surface area contributed by atoms with Gasteiger partial charge in [-0.3, -0.25) is 0 Å². The molecule has 0 atom stereocenters. The smallest absolute Gasteiger partial charge is 0.276 e. The van der Waals surface area contributed by atoms with Gasteiger partial charge in [0.05, 0.1) is 6.10 Å². The Labute approximate surface area is 120 Å². The average Bonchev–Trinajstić information content (AvgIpc) is 2.94. The summed E-state index contributed by atoms with van der Waals surface area (Å²) in [7, 11) is -1.95. The largest absolute Gasteiger partial charge is 0.490 e. The second-order valence-corrected chi connectivity index (χ2v) is 6.72. The van der Waals surface area contributed by atoms with Crippen molar-refractivity contribution in [1.29, 1.82) is 0 Å². The second-order valence-electron chi connectivity index (χ2n) is 5.02. The average molecular weight is 298 g/mol. The van der Waals surface area contributed by atoms with Crippen LogP contribution in [0.4, 0.5) is 0 Å². The summed E-state index contributed by atoms with van der Waals surface area (Å²) in [5.41, 5.74) is 1.09. The van der Waals surface area contributed by atoms with E-state index in [9.17, 15) is 8.42 Å². The lowest BCUT2D eigenvalue weighted by molar-refractivity contribution is 0.210. The molecule has 1 aliphatic carbocycles. The van der Waals surface area contributed by atoms with Gasteiger partial charge in [-0.05, 0) is 49.8 Å². The zero-order valence-electron chi connectivity index (χ0n) is 11.8. The van der Waals surface area contributed by atoms with Crippen LogP contribution in [0.15, 0.2) is 24.3 Å². The van der Waals surface area contributed by atoms with Gasteiger partial charge in [-0.25, -0.2) is 9.44 Å². The Morgan fingerprint density at radius 1 is 1.20 bits per heavy atom. The van der Waals surface area contributed by atoms with Crippen molar-refractivity contribution in [2.45, 2.75) is 38.2 Å². The first-order chi connectivity index (χ1) is 9.59. The molecule has 0 unspecified atom stereocenters. The van der Waals surface area contributed by atoms with Crippen LogP contribution in [0.5, 0.6) is 5.75 Å². The van der Waals surface area contributed by atoms with Crippen molar-refractivity contribution in [1.82, 2.24) is 9.44 Å². The topological polar surface area (TPSA) is 67.4 Å². The maximum atomic E-state index is 11.2. The summed E-state index contributed by atoms with van der Waals surface area (Å²) in [5.74, 6) is 0.899. The molecule has 1 aliphatic rings. The molecule has 5 nitrogen and oxygen atoms in total. The van der Waals surface area contributed by atoms with Gasteiger partial charge < -0.3 is 4.74 Å². The molecule has 0 aliphatic heterocycles. The molecule has 0 spiro atoms. The summed E-state index contributed by atoms with van der Waals surface area (Å²) in [5, 5.41) is 0. The minimum absolute atomic E-state index is 0.364. The molecule has 20 heavy (non-hydrogen) atoms. The molecule has 0 aromatic heterocycles. The minimum Gasteiger partial charge on any atom is -0.490 e. The van der Waals surface area contributed by atoms with Gasteiger partial charge in [0, 0.05) is 13.6 Å². The van der Waals surface area contributed by atoms with Gasteiger partial charge in [0.15, 0.2) is 0 Å². The Kier molecular flexibility index (Phi) is 5.39. The molecule has 2 N–H and O–H groups in total. The highest BCUT2D eigenvalue weighted by molar-refractivity contribution is 7.87. The third-order valence-electron chi connectivity index (χ3n) is 3.50. The van der Waals surface area contributed by atoms with Crippen LogP contribution in [0.25, 0.3) is 0 Å². The van der Waals surface area contributed by atoms with E-state index in [0.717, 1.165) is 24.2 Å². The van der Waals surface area contributed by atoms with E-state index < -0.39 is 10.2 Å². The third kappa shape index (κ3) is 4.77. The van der Waals surface area contributed by atoms with Crippen LogP contribution in [0, 0.1) is 0 Å². The first kappa shape index (κ1) is 15.3. The van der Waals surface area contributed by atoms with E-state index in [2.05, 4.69) is 9.44 Å². The van der Waals surface area contributed by atoms with E-state index in [1.165, 1.54) is 19.9 Å². The van der Waals surface area contributed by atoms with Gasteiger partial charge in [0.1, 0.15) is 5.75 Å². The fourth-order valence-corrected chi connectivity index (χ4v) is 2.85. The molecule has 0 amide bonds. The highest BCUT2D eigenvalue weighted by Gasteiger charge is 2.16. The summed E-state index contributed by atoms with van der Waals surface area (Å²) in [6.45, 7) is 0.381. The van der Waals surface area contributed by atoms with E-state index >= 15 is 0 Å². The van der Waals surface area contributed by atoms with E-state index in [1.807, 2.05) is 24.3 Å². The maximum absolute atomic E-state index is 11.2. The summed E-state index contributed by atoms with van der Waals surface area (Å²) in [4.78, 5) is 0. The molecule has 1 saturated carbocycles. The van der Waals surface area contributed by atoms with Crippen LogP contribution in [0.2, 0.25) is 0 Å². The molecule has 1 aromatic rings. The number of benzene rings is 1. The summed E-state index contributed by atoms with van der Waals surface area (Å²) < 4.78 is 33.0. The van der Waals surface area contributed by atoms with Gasteiger partial charge in [0.2, 0.25) is 0 Å². The predicted molar refractivity (Wildman–Crippen MR) is 79.0 cm³/mol. The molecule has 0 saturated heterocycles. The van der Waals surface area contributed by atoms with Crippen LogP contribution in [-0.4, -0.2) is 28.1 Å². The zero-order valence-corrected chi connectivity index (χ0v) is 12.6. The standard InChI is InChI=1S/C14H22N2O3S/c1-15-20(17,18)16-11-10-12-6-8-14(9-7-12)19-13-4-2-3-5-13/h6-9,13,15-16H,2-5,10-11H2,1H3. The van der Waals surface area contributed by atoms with E-state index in [1.54, 1.807) is 0 Å². The molecule has 0 heterocycles. The van der Waals surface area contributed by atoms with Crippen LogP contribution >= 0.6 is 0 Å². The van der Waals surface area contributed by atoms with E-state index in [-0.39, 0.29) is 0 Å². The number of hydrogen-bond donors (Lipinski definition) is 2. The summed E-state index contributed by atoms with van der Waals surface area (Å²) in [6.07, 6.45) is 5.83. The number of rotatable bonds is 7. The quantitative estimate of drug-likeness (QED) is 0.803. The number of ether oxygens (including phenoxy) is 1. The summed E-state index contributed by atoms with van der Waals surface area (Å²) >= 11 is 0. The fraction of sp³-hybridized carbons (Fsp3) is 0.571. The van der Waals surface area contributed by atoms with Gasteiger partial charge in [0.25, 0.3) is 10.2 Å². The Hall–Kier alpha value is -1.11. The van der Waals surface area contributed by atoms with Crippen molar-refractivity contribution in [2.24, 2.45) is 0 Å². The van der Waals surface area contributed by atoms with Crippen LogP contribution in [0.3, 0.4) is 0 Å². The first-order valence-corrected chi connectivity index (χ1v) is 8.51. The molecule has 1 aromatic carbocycles. The summed E-state index contributed by atoms with van der Waals surface area (Å²) in [6, 6.07) is 7.89. The Morgan fingerprint density at radius 3 is 2.45 bits per heavy atom. The first-order valence-electron chi connectivity index (χ1n) is 7.03. The molecular formula is C14H22N2O3S. The zero-order chi connectivity index (χ0) is 14.4. The van der Waals surface area contributed by atoms with Crippen molar-refractivity contribution in [3.8, 4) is 5.75 Å². The fourth-order valence-electron chi connectivity index (χ4n) is 2.34. The van der Waals surface area contributed by atoms with Crippen molar-refractivity contribution < 1.29 is 13.2 Å². The number of hydrogen-bond acceptors (Lipinski definition) is 3. The van der Waals surface area contributed by atoms with Crippen molar-refractivity contribution in [2.75, 3.05) is 13.6 Å². The highest BCUT2D eigenvalue weighted by Crippen LogP contribution is 2.24. The molecule has 112 valence electrons. The van der Waals surface area contributed by atoms with Gasteiger partial charge in [-0.2, -0.15) is 8.42 Å². The molecule has 0 radical (unpaired) electrons. The second kappa shape index (κ2) is 7.06. The van der Waals surface area contributed by atoms with Gasteiger partial charge in [-0.1, -0.05) is 12.1 Å². The lowest BCUT2D eigenvalue weighted by atomic mass is 10.1. The van der Waals surface area contributed by atoms with Gasteiger partial charge in [-0.15, -0.1) is 0 Å².